The molecule has 0 bridgehead atoms. The Bertz CT molecular complexity index is 1020. The van der Waals surface area contributed by atoms with Crippen molar-refractivity contribution in [1.29, 1.82) is 0 Å². The Morgan fingerprint density at radius 2 is 1.73 bits per heavy atom. The predicted octanol–water partition coefficient (Wildman–Crippen LogP) is 2.79. The van der Waals surface area contributed by atoms with Crippen LogP contribution in [0.1, 0.15) is 24.2 Å². The average Bonchev–Trinajstić information content (AvgIpc) is 2.85. The van der Waals surface area contributed by atoms with E-state index in [9.17, 15) is 14.4 Å². The number of fused-ring (bicyclic) bond motifs is 1. The zero-order valence-corrected chi connectivity index (χ0v) is 19.1. The van der Waals surface area contributed by atoms with Crippen LogP contribution >= 0.6 is 11.8 Å². The number of ether oxygens (including phenoxy) is 2. The van der Waals surface area contributed by atoms with Crippen molar-refractivity contribution < 1.29 is 28.7 Å². The van der Waals surface area contributed by atoms with Crippen LogP contribution in [0.4, 0.5) is 0 Å². The van der Waals surface area contributed by atoms with Crippen molar-refractivity contribution in [2.45, 2.75) is 18.4 Å². The molecule has 0 radical (unpaired) electrons. The van der Waals surface area contributed by atoms with E-state index >= 15 is 0 Å². The van der Waals surface area contributed by atoms with Gasteiger partial charge in [0, 0.05) is 19.2 Å². The second-order valence-electron chi connectivity index (χ2n) is 7.92. The Kier molecular flexibility index (Phi) is 6.69. The lowest BCUT2D eigenvalue weighted by Crippen LogP contribution is -2.68. The lowest BCUT2D eigenvalue weighted by atomic mass is 9.88. The molecule has 2 aliphatic rings. The largest absolute Gasteiger partial charge is 0.465 e. The zero-order chi connectivity index (χ0) is 23.4. The number of carbonyl (C=O) groups is 3. The van der Waals surface area contributed by atoms with Crippen molar-refractivity contribution >= 4 is 35.3 Å². The van der Waals surface area contributed by atoms with Crippen LogP contribution in [0.15, 0.2) is 65.8 Å². The maximum Gasteiger partial charge on any atom is 0.319 e. The number of amides is 1. The summed E-state index contributed by atoms with van der Waals surface area (Å²) in [6.07, 6.45) is -0.644. The fraction of sp³-hybridized carbons (Fsp3) is 0.333. The first-order chi connectivity index (χ1) is 15.9. The van der Waals surface area contributed by atoms with Crippen LogP contribution in [0, 0.1) is 5.41 Å². The monoisotopic (exact) mass is 468 g/mol. The molecule has 2 fully saturated rings. The first-order valence-electron chi connectivity index (χ1n) is 10.4. The van der Waals surface area contributed by atoms with Crippen LogP contribution in [-0.2, 0) is 28.7 Å². The second kappa shape index (κ2) is 9.66. The third kappa shape index (κ3) is 4.59. The summed E-state index contributed by atoms with van der Waals surface area (Å²) in [5.41, 5.74) is 0.734. The van der Waals surface area contributed by atoms with Gasteiger partial charge in [0.15, 0.2) is 11.8 Å². The SMILES string of the molecule is CON=C1C(=O)N2CC(COC(C)=O)(C(=O)OC(c3ccccc3)c3ccccc3)CS[C@H]12. The number of hydrogen-bond acceptors (Lipinski definition) is 8. The van der Waals surface area contributed by atoms with Gasteiger partial charge in [-0.3, -0.25) is 14.4 Å². The van der Waals surface area contributed by atoms with E-state index in [1.165, 1.54) is 30.7 Å². The minimum Gasteiger partial charge on any atom is -0.465 e. The molecule has 172 valence electrons. The normalized spacial score (nSPS) is 23.0. The highest BCUT2D eigenvalue weighted by molar-refractivity contribution is 8.01. The molecule has 33 heavy (non-hydrogen) atoms. The van der Waals surface area contributed by atoms with Crippen molar-refractivity contribution in [3.63, 3.8) is 0 Å². The fourth-order valence-electron chi connectivity index (χ4n) is 3.88. The third-order valence-electron chi connectivity index (χ3n) is 5.59. The van der Waals surface area contributed by atoms with E-state index in [4.69, 9.17) is 14.3 Å². The summed E-state index contributed by atoms with van der Waals surface area (Å²) in [7, 11) is 1.38. The van der Waals surface area contributed by atoms with E-state index in [0.717, 1.165) is 11.1 Å². The van der Waals surface area contributed by atoms with Gasteiger partial charge in [0.2, 0.25) is 0 Å². The van der Waals surface area contributed by atoms with Gasteiger partial charge >= 0.3 is 11.9 Å². The third-order valence-corrected chi connectivity index (χ3v) is 7.10. The van der Waals surface area contributed by atoms with Crippen LogP contribution in [0.3, 0.4) is 0 Å². The molecule has 2 aromatic rings. The van der Waals surface area contributed by atoms with E-state index in [2.05, 4.69) is 5.16 Å². The fourth-order valence-corrected chi connectivity index (χ4v) is 5.30. The Balaban J connectivity index is 1.62. The molecule has 2 saturated heterocycles. The first kappa shape index (κ1) is 22.8. The molecule has 2 atom stereocenters. The van der Waals surface area contributed by atoms with Gasteiger partial charge in [0.05, 0.1) is 0 Å². The quantitative estimate of drug-likeness (QED) is 0.350. The molecule has 2 aromatic carbocycles. The summed E-state index contributed by atoms with van der Waals surface area (Å²) < 4.78 is 11.3. The molecule has 0 N–H and O–H groups in total. The van der Waals surface area contributed by atoms with E-state index in [-0.39, 0.29) is 24.4 Å². The van der Waals surface area contributed by atoms with E-state index in [1.54, 1.807) is 0 Å². The van der Waals surface area contributed by atoms with E-state index in [0.29, 0.717) is 11.5 Å². The lowest BCUT2D eigenvalue weighted by Gasteiger charge is -2.49. The van der Waals surface area contributed by atoms with Gasteiger partial charge in [-0.15, -0.1) is 11.8 Å². The van der Waals surface area contributed by atoms with Crippen LogP contribution in [0.2, 0.25) is 0 Å². The molecule has 2 aliphatic heterocycles. The van der Waals surface area contributed by atoms with Crippen LogP contribution < -0.4 is 0 Å². The van der Waals surface area contributed by atoms with Gasteiger partial charge in [-0.1, -0.05) is 65.8 Å². The second-order valence-corrected chi connectivity index (χ2v) is 8.99. The highest BCUT2D eigenvalue weighted by Crippen LogP contribution is 2.43. The minimum absolute atomic E-state index is 0.0641. The van der Waals surface area contributed by atoms with Crippen LogP contribution in [0.5, 0.6) is 0 Å². The number of hydrogen-bond donors (Lipinski definition) is 0. The molecular formula is C24H24N2O6S. The molecule has 2 heterocycles. The van der Waals surface area contributed by atoms with Crippen molar-refractivity contribution in [3.05, 3.63) is 71.8 Å². The molecule has 0 saturated carbocycles. The number of β-lactam (4-membered cyclic amide) rings is 1. The molecule has 0 spiro atoms. The Morgan fingerprint density at radius 1 is 1.12 bits per heavy atom. The van der Waals surface area contributed by atoms with Gasteiger partial charge < -0.3 is 19.2 Å². The topological polar surface area (TPSA) is 94.5 Å². The Morgan fingerprint density at radius 3 is 2.27 bits per heavy atom. The van der Waals surface area contributed by atoms with Crippen LogP contribution in [0.25, 0.3) is 0 Å². The predicted molar refractivity (Wildman–Crippen MR) is 122 cm³/mol. The number of carbonyl (C=O) groups excluding carboxylic acids is 3. The van der Waals surface area contributed by atoms with Crippen molar-refractivity contribution in [1.82, 2.24) is 4.90 Å². The van der Waals surface area contributed by atoms with Gasteiger partial charge in [0.25, 0.3) is 5.91 Å². The maximum atomic E-state index is 13.7. The molecule has 1 amide bonds. The number of thioether (sulfide) groups is 1. The molecule has 9 heteroatoms. The minimum atomic E-state index is -1.21. The van der Waals surface area contributed by atoms with Crippen molar-refractivity contribution in [3.8, 4) is 0 Å². The molecule has 0 aliphatic carbocycles. The van der Waals surface area contributed by atoms with Crippen molar-refractivity contribution in [2.24, 2.45) is 10.6 Å². The highest BCUT2D eigenvalue weighted by atomic mass is 32.2. The molecule has 0 aromatic heterocycles. The smallest absolute Gasteiger partial charge is 0.319 e. The molecule has 4 rings (SSSR count). The lowest BCUT2D eigenvalue weighted by molar-refractivity contribution is -0.167. The summed E-state index contributed by atoms with van der Waals surface area (Å²) in [5.74, 6) is -1.05. The Hall–Kier alpha value is -3.33. The number of oxime groups is 1. The number of esters is 2. The zero-order valence-electron chi connectivity index (χ0n) is 18.3. The average molecular weight is 469 g/mol. The maximum absolute atomic E-state index is 13.7. The van der Waals surface area contributed by atoms with Gasteiger partial charge in [-0.05, 0) is 11.1 Å². The number of benzene rings is 2. The Labute approximate surface area is 195 Å². The van der Waals surface area contributed by atoms with E-state index in [1.807, 2.05) is 60.7 Å². The summed E-state index contributed by atoms with van der Waals surface area (Å²) in [6, 6.07) is 18.9. The number of rotatable bonds is 7. The summed E-state index contributed by atoms with van der Waals surface area (Å²) in [5, 5.41) is 3.50. The first-order valence-corrected chi connectivity index (χ1v) is 11.5. The molecule has 1 unspecified atom stereocenters. The summed E-state index contributed by atoms with van der Waals surface area (Å²) in [4.78, 5) is 44.1. The molecule has 8 nitrogen and oxygen atoms in total. The van der Waals surface area contributed by atoms with Crippen LogP contribution in [-0.4, -0.2) is 59.8 Å². The van der Waals surface area contributed by atoms with Gasteiger partial charge in [0.1, 0.15) is 24.5 Å². The summed E-state index contributed by atoms with van der Waals surface area (Å²) >= 11 is 1.37. The van der Waals surface area contributed by atoms with Gasteiger partial charge in [-0.2, -0.15) is 0 Å². The number of nitrogens with zero attached hydrogens (tertiary/aromatic N) is 2. The summed E-state index contributed by atoms with van der Waals surface area (Å²) in [6.45, 7) is 1.17. The standard InChI is InChI=1S/C24H24N2O6S/c1-16(27)31-14-24(13-26-21(28)19(25-30-2)22(26)33-15-24)23(29)32-20(17-9-5-3-6-10-17)18-11-7-4-8-12-18/h3-12,20,22H,13-15H2,1-2H3/t22-,24?/m1/s1. The van der Waals surface area contributed by atoms with Crippen molar-refractivity contribution in [2.75, 3.05) is 26.0 Å². The molecular weight excluding hydrogens is 444 g/mol. The highest BCUT2D eigenvalue weighted by Gasteiger charge is 2.57. The van der Waals surface area contributed by atoms with Gasteiger partial charge in [-0.25, -0.2) is 0 Å². The van der Waals surface area contributed by atoms with E-state index < -0.39 is 23.5 Å².